The van der Waals surface area contributed by atoms with Crippen LogP contribution in [0.15, 0.2) is 26.9 Å². The molecule has 3 unspecified atom stereocenters. The van der Waals surface area contributed by atoms with Crippen LogP contribution in [0.4, 0.5) is 5.95 Å². The van der Waals surface area contributed by atoms with Crippen LogP contribution < -0.4 is 22.5 Å². The second-order valence-electron chi connectivity index (χ2n) is 7.81. The van der Waals surface area contributed by atoms with Crippen molar-refractivity contribution >= 4 is 24.9 Å². The van der Waals surface area contributed by atoms with Gasteiger partial charge < -0.3 is 20.7 Å². The Morgan fingerprint density at radius 3 is 2.64 bits per heavy atom. The fourth-order valence-electron chi connectivity index (χ4n) is 3.51. The van der Waals surface area contributed by atoms with E-state index in [2.05, 4.69) is 19.9 Å². The van der Waals surface area contributed by atoms with E-state index in [1.807, 2.05) is 0 Å². The van der Waals surface area contributed by atoms with Gasteiger partial charge in [-0.05, 0) is 6.92 Å². The molecule has 0 saturated carbocycles. The maximum atomic E-state index is 13.9. The number of aliphatic hydroxyl groups excluding tert-OH is 2. The number of aliphatic hydroxyl groups is 2. The molecule has 0 bridgehead atoms. The Morgan fingerprint density at radius 1 is 1.22 bits per heavy atom. The summed E-state index contributed by atoms with van der Waals surface area (Å²) in [6.07, 6.45) is -0.716. The van der Waals surface area contributed by atoms with Crippen molar-refractivity contribution in [2.45, 2.75) is 19.4 Å². The molecule has 3 atom stereocenters. The zero-order valence-electron chi connectivity index (χ0n) is 19.1. The van der Waals surface area contributed by atoms with E-state index >= 15 is 0 Å². The van der Waals surface area contributed by atoms with E-state index < -0.39 is 50.2 Å². The molecule has 3 aromatic rings. The number of rotatable bonds is 9. The third-order valence-electron chi connectivity index (χ3n) is 5.36. The molecule has 1 aliphatic rings. The summed E-state index contributed by atoms with van der Waals surface area (Å²) < 4.78 is 33.7. The summed E-state index contributed by atoms with van der Waals surface area (Å²) in [6, 6.07) is 0. The first-order valence-electron chi connectivity index (χ1n) is 10.7. The highest BCUT2D eigenvalue weighted by atomic mass is 31.2. The molecule has 0 amide bonds. The van der Waals surface area contributed by atoms with Crippen LogP contribution >= 0.6 is 7.75 Å². The lowest BCUT2D eigenvalue weighted by Gasteiger charge is -2.35. The smallest absolute Gasteiger partial charge is 0.392 e. The number of anilines is 1. The first-order valence-corrected chi connectivity index (χ1v) is 12.2. The summed E-state index contributed by atoms with van der Waals surface area (Å²) in [4.78, 5) is 48.3. The molecule has 1 aliphatic heterocycles. The van der Waals surface area contributed by atoms with Crippen LogP contribution in [0.5, 0.6) is 0 Å². The Morgan fingerprint density at radius 2 is 1.94 bits per heavy atom. The van der Waals surface area contributed by atoms with Gasteiger partial charge in [-0.2, -0.15) is 4.98 Å². The van der Waals surface area contributed by atoms with E-state index in [-0.39, 0.29) is 49.0 Å². The lowest BCUT2D eigenvalue weighted by molar-refractivity contribution is -0.0130. The minimum Gasteiger partial charge on any atom is -0.392 e. The largest absolute Gasteiger partial charge is 0.410 e. The van der Waals surface area contributed by atoms with Gasteiger partial charge in [-0.3, -0.25) is 37.7 Å². The summed E-state index contributed by atoms with van der Waals surface area (Å²) >= 11 is 0. The van der Waals surface area contributed by atoms with E-state index in [0.29, 0.717) is 0 Å². The summed E-state index contributed by atoms with van der Waals surface area (Å²) in [5, 5.41) is 20.6. The molecule has 18 heteroatoms. The van der Waals surface area contributed by atoms with Crippen molar-refractivity contribution in [3.8, 4) is 0 Å². The number of nitrogens with zero attached hydrogens (tertiary/aromatic N) is 5. The predicted molar refractivity (Wildman–Crippen MR) is 123 cm³/mol. The Hall–Kier alpha value is -3.18. The molecule has 0 aliphatic carbocycles. The Labute approximate surface area is 201 Å². The van der Waals surface area contributed by atoms with Gasteiger partial charge in [0.05, 0.1) is 26.1 Å². The van der Waals surface area contributed by atoms with Gasteiger partial charge in [-0.1, -0.05) is 0 Å². The van der Waals surface area contributed by atoms with Crippen molar-refractivity contribution in [2.24, 2.45) is 0 Å². The molecule has 0 aromatic carbocycles. The number of nitrogens with one attached hydrogen (secondary N) is 2. The van der Waals surface area contributed by atoms with Gasteiger partial charge in [-0.25, -0.2) is 19.0 Å². The minimum atomic E-state index is -4.28. The predicted octanol–water partition coefficient (Wildman–Crippen LogP) is -1.98. The standard InChI is InChI=1S/C18H25N8O9P/c1-10-6-25(18(31)23-15(10)29)12(7-27)35-36(32,24-2-4-33-5-3-24)34-8-11(28)26-9-20-13-14(26)21-17(19)22-16(13)30/h6,9,11-12,27-28H,2-5,7-8H2,1H3,(H,23,29,31)(H3,19,21,22,30). The average Bonchev–Trinajstić information content (AvgIpc) is 3.28. The maximum Gasteiger partial charge on any atom is 0.410 e. The van der Waals surface area contributed by atoms with Crippen LogP contribution in [0.2, 0.25) is 0 Å². The number of aryl methyl sites for hydroxylation is 1. The highest BCUT2D eigenvalue weighted by Gasteiger charge is 2.39. The van der Waals surface area contributed by atoms with Gasteiger partial charge in [0.1, 0.15) is 6.61 Å². The Bertz CT molecular complexity index is 1460. The number of morpholine rings is 1. The van der Waals surface area contributed by atoms with Gasteiger partial charge in [-0.15, -0.1) is 0 Å². The summed E-state index contributed by atoms with van der Waals surface area (Å²) in [5.41, 5.74) is 3.50. The van der Waals surface area contributed by atoms with Crippen molar-refractivity contribution in [3.05, 3.63) is 49.3 Å². The van der Waals surface area contributed by atoms with Crippen LogP contribution in [0.1, 0.15) is 18.0 Å². The summed E-state index contributed by atoms with van der Waals surface area (Å²) in [5.74, 6) is -0.197. The number of imidazole rings is 1. The number of hydrogen-bond acceptors (Lipinski definition) is 12. The van der Waals surface area contributed by atoms with Crippen molar-refractivity contribution in [1.29, 1.82) is 0 Å². The number of nitrogen functional groups attached to an aromatic ring is 1. The molecular weight excluding hydrogens is 503 g/mol. The van der Waals surface area contributed by atoms with Crippen molar-refractivity contribution in [3.63, 3.8) is 0 Å². The molecule has 1 saturated heterocycles. The number of ether oxygens (including phenoxy) is 1. The van der Waals surface area contributed by atoms with Gasteiger partial charge in [0.15, 0.2) is 23.6 Å². The van der Waals surface area contributed by atoms with Crippen LogP contribution in [0.3, 0.4) is 0 Å². The third-order valence-corrected chi connectivity index (χ3v) is 7.44. The van der Waals surface area contributed by atoms with Gasteiger partial charge >= 0.3 is 13.4 Å². The molecule has 36 heavy (non-hydrogen) atoms. The lowest BCUT2D eigenvalue weighted by atomic mass is 10.4. The second-order valence-corrected chi connectivity index (χ2v) is 9.78. The van der Waals surface area contributed by atoms with Gasteiger partial charge in [0.2, 0.25) is 5.95 Å². The van der Waals surface area contributed by atoms with E-state index in [4.69, 9.17) is 19.5 Å². The molecule has 6 N–H and O–H groups in total. The normalized spacial score (nSPS) is 18.2. The second kappa shape index (κ2) is 10.4. The molecule has 0 spiro atoms. The fourth-order valence-corrected chi connectivity index (χ4v) is 5.31. The van der Waals surface area contributed by atoms with E-state index in [9.17, 15) is 29.2 Å². The number of aromatic nitrogens is 6. The highest BCUT2D eigenvalue weighted by Crippen LogP contribution is 2.55. The minimum absolute atomic E-state index is 0.0297. The van der Waals surface area contributed by atoms with Gasteiger partial charge in [0.25, 0.3) is 11.1 Å². The average molecular weight is 528 g/mol. The Balaban J connectivity index is 1.62. The SMILES string of the molecule is Cc1cn(C(CO)OP(=O)(OCC(O)n2cnc3c(=O)[nH]c(N)nc32)N2CCOCC2)c(=O)[nH]c1=O. The van der Waals surface area contributed by atoms with E-state index in [1.165, 1.54) is 11.6 Å². The lowest BCUT2D eigenvalue weighted by Crippen LogP contribution is -2.39. The van der Waals surface area contributed by atoms with Crippen molar-refractivity contribution < 1.29 is 28.6 Å². The van der Waals surface area contributed by atoms with Crippen LogP contribution in [-0.4, -0.2) is 83.5 Å². The highest BCUT2D eigenvalue weighted by molar-refractivity contribution is 7.51. The van der Waals surface area contributed by atoms with Crippen LogP contribution in [0.25, 0.3) is 11.2 Å². The van der Waals surface area contributed by atoms with Crippen molar-refractivity contribution in [1.82, 2.24) is 33.7 Å². The summed E-state index contributed by atoms with van der Waals surface area (Å²) in [7, 11) is -4.28. The molecule has 4 heterocycles. The quantitative estimate of drug-likeness (QED) is 0.190. The van der Waals surface area contributed by atoms with Crippen LogP contribution in [0, 0.1) is 6.92 Å². The molecule has 3 aromatic heterocycles. The number of fused-ring (bicyclic) bond motifs is 1. The Kier molecular flexibility index (Phi) is 7.51. The van der Waals surface area contributed by atoms with E-state index in [0.717, 1.165) is 21.7 Å². The number of hydrogen-bond donors (Lipinski definition) is 5. The van der Waals surface area contributed by atoms with E-state index in [1.54, 1.807) is 0 Å². The van der Waals surface area contributed by atoms with Gasteiger partial charge in [0, 0.05) is 24.8 Å². The zero-order chi connectivity index (χ0) is 26.0. The number of aromatic amines is 2. The monoisotopic (exact) mass is 528 g/mol. The maximum absolute atomic E-state index is 13.9. The molecule has 0 radical (unpaired) electrons. The molecule has 1 fully saturated rings. The number of H-pyrrole nitrogens is 2. The summed E-state index contributed by atoms with van der Waals surface area (Å²) in [6.45, 7) is 0.714. The third kappa shape index (κ3) is 5.17. The zero-order valence-corrected chi connectivity index (χ0v) is 20.0. The fraction of sp³-hybridized carbons (Fsp3) is 0.500. The molecule has 4 rings (SSSR count). The van der Waals surface area contributed by atoms with Crippen molar-refractivity contribution in [2.75, 3.05) is 45.3 Å². The first kappa shape index (κ1) is 25.9. The molecule has 17 nitrogen and oxygen atoms in total. The molecule has 196 valence electrons. The molecular formula is C18H25N8O9P. The first-order chi connectivity index (χ1) is 17.1. The topological polar surface area (TPSA) is 233 Å². The van der Waals surface area contributed by atoms with Crippen LogP contribution in [-0.2, 0) is 18.3 Å². The number of nitrogens with two attached hydrogens (primary N) is 1.